The third kappa shape index (κ3) is 6.80. The highest BCUT2D eigenvalue weighted by Crippen LogP contribution is 1.83. The summed E-state index contributed by atoms with van der Waals surface area (Å²) in [5.41, 5.74) is 0. The van der Waals surface area contributed by atoms with E-state index in [1.54, 1.807) is 0 Å². The molecule has 44 valence electrons. The Morgan fingerprint density at radius 3 is 2.57 bits per heavy atom. The summed E-state index contributed by atoms with van der Waals surface area (Å²) in [5, 5.41) is 0. The Balaban J connectivity index is 2.82. The molecule has 7 heavy (non-hydrogen) atoms. The van der Waals surface area contributed by atoms with Crippen molar-refractivity contribution in [3.63, 3.8) is 0 Å². The molecule has 5 heteroatoms. The van der Waals surface area contributed by atoms with Gasteiger partial charge in [-0.1, -0.05) is 22.6 Å². The second-order valence-corrected chi connectivity index (χ2v) is 2.44. The smallest absolute Gasteiger partial charge is 0.0842 e. The molecule has 0 spiro atoms. The molecule has 0 aromatic rings. The Labute approximate surface area is 58.1 Å². The molecule has 0 amide bonds. The summed E-state index contributed by atoms with van der Waals surface area (Å²) in [4.78, 5) is 0. The summed E-state index contributed by atoms with van der Waals surface area (Å²) in [7, 11) is 0. The van der Waals surface area contributed by atoms with E-state index in [9.17, 15) is 8.76 Å². The zero-order valence-electron chi connectivity index (χ0n) is 3.43. The molecular formula is C2H4IO3S-. The van der Waals surface area contributed by atoms with Crippen LogP contribution in [-0.4, -0.2) is 19.8 Å². The highest BCUT2D eigenvalue weighted by atomic mass is 127. The van der Waals surface area contributed by atoms with E-state index in [1.165, 1.54) is 0 Å². The van der Waals surface area contributed by atoms with Gasteiger partial charge in [-0.05, 0) is 0 Å². The van der Waals surface area contributed by atoms with Crippen LogP contribution in [0.4, 0.5) is 0 Å². The molecule has 0 aliphatic heterocycles. The van der Waals surface area contributed by atoms with E-state index in [0.717, 1.165) is 0 Å². The molecule has 0 bridgehead atoms. The SMILES string of the molecule is O=S([O-])OCCI. The van der Waals surface area contributed by atoms with Crippen LogP contribution in [0.25, 0.3) is 0 Å². The van der Waals surface area contributed by atoms with Gasteiger partial charge in [-0.15, -0.1) is 0 Å². The molecule has 0 saturated carbocycles. The van der Waals surface area contributed by atoms with Gasteiger partial charge in [-0.3, -0.25) is 0 Å². The predicted octanol–water partition coefficient (Wildman–Crippen LogP) is 0.232. The topological polar surface area (TPSA) is 49.4 Å². The average molecular weight is 235 g/mol. The van der Waals surface area contributed by atoms with Gasteiger partial charge in [0.1, 0.15) is 0 Å². The first kappa shape index (κ1) is 7.80. The molecule has 0 aliphatic rings. The molecule has 1 unspecified atom stereocenters. The van der Waals surface area contributed by atoms with Crippen molar-refractivity contribution in [1.82, 2.24) is 0 Å². The van der Waals surface area contributed by atoms with Crippen LogP contribution in [0, 0.1) is 0 Å². The maximum atomic E-state index is 9.53. The van der Waals surface area contributed by atoms with Gasteiger partial charge in [0.05, 0.1) is 18.0 Å². The van der Waals surface area contributed by atoms with Gasteiger partial charge in [0, 0.05) is 4.43 Å². The van der Waals surface area contributed by atoms with Gasteiger partial charge < -0.3 is 8.74 Å². The third-order valence-electron chi connectivity index (χ3n) is 0.257. The minimum atomic E-state index is -2.32. The van der Waals surface area contributed by atoms with E-state index >= 15 is 0 Å². The fourth-order valence-electron chi connectivity index (χ4n) is 0.0995. The lowest BCUT2D eigenvalue weighted by Crippen LogP contribution is -1.97. The molecule has 0 aromatic carbocycles. The molecule has 0 aromatic heterocycles. The number of halogens is 1. The van der Waals surface area contributed by atoms with Crippen LogP contribution in [0.3, 0.4) is 0 Å². The van der Waals surface area contributed by atoms with Crippen molar-refractivity contribution in [2.24, 2.45) is 0 Å². The third-order valence-corrected chi connectivity index (χ3v) is 1.06. The molecule has 0 N–H and O–H groups in total. The molecule has 0 radical (unpaired) electrons. The first-order chi connectivity index (χ1) is 3.27. The van der Waals surface area contributed by atoms with Gasteiger partial charge in [0.25, 0.3) is 0 Å². The Kier molecular flexibility index (Phi) is 5.51. The van der Waals surface area contributed by atoms with E-state index in [4.69, 9.17) is 0 Å². The Hall–Kier alpha value is 0.800. The van der Waals surface area contributed by atoms with E-state index in [1.807, 2.05) is 22.6 Å². The normalized spacial score (nSPS) is 14.0. The first-order valence-corrected chi connectivity index (χ1v) is 4.08. The minimum Gasteiger partial charge on any atom is -0.750 e. The van der Waals surface area contributed by atoms with E-state index in [-0.39, 0.29) is 6.61 Å². The molecule has 0 aliphatic carbocycles. The predicted molar refractivity (Wildman–Crippen MR) is 33.8 cm³/mol. The summed E-state index contributed by atoms with van der Waals surface area (Å²) in [6.07, 6.45) is 0. The van der Waals surface area contributed by atoms with Crippen molar-refractivity contribution in [3.8, 4) is 0 Å². The molecule has 3 nitrogen and oxygen atoms in total. The summed E-state index contributed by atoms with van der Waals surface area (Å²) in [5.74, 6) is 0. The average Bonchev–Trinajstić information content (AvgIpc) is 1.61. The summed E-state index contributed by atoms with van der Waals surface area (Å²) in [6, 6.07) is 0. The summed E-state index contributed by atoms with van der Waals surface area (Å²) >= 11 is -0.298. The molecular weight excluding hydrogens is 231 g/mol. The second-order valence-electron chi connectivity index (χ2n) is 0.715. The largest absolute Gasteiger partial charge is 0.750 e. The number of hydrogen-bond acceptors (Lipinski definition) is 3. The van der Waals surface area contributed by atoms with E-state index in [0.29, 0.717) is 4.43 Å². The lowest BCUT2D eigenvalue weighted by Gasteiger charge is -2.00. The molecule has 0 heterocycles. The van der Waals surface area contributed by atoms with Gasteiger partial charge >= 0.3 is 0 Å². The standard InChI is InChI=1S/C2H5IO3S/c3-1-2-6-7(4)5/h1-2H2,(H,4,5)/p-1. The summed E-state index contributed by atoms with van der Waals surface area (Å²) < 4.78 is 23.9. The van der Waals surface area contributed by atoms with Crippen molar-refractivity contribution < 1.29 is 12.9 Å². The van der Waals surface area contributed by atoms with Crippen LogP contribution in [-0.2, 0) is 15.5 Å². The number of rotatable bonds is 3. The quantitative estimate of drug-likeness (QED) is 0.399. The summed E-state index contributed by atoms with van der Waals surface area (Å²) in [6.45, 7) is 0.274. The van der Waals surface area contributed by atoms with Crippen LogP contribution in [0.1, 0.15) is 0 Å². The Bertz CT molecular complexity index is 66.0. The zero-order valence-corrected chi connectivity index (χ0v) is 6.40. The monoisotopic (exact) mass is 235 g/mol. The van der Waals surface area contributed by atoms with Crippen LogP contribution >= 0.6 is 22.6 Å². The lowest BCUT2D eigenvalue weighted by atomic mass is 10.9. The van der Waals surface area contributed by atoms with Gasteiger partial charge in [-0.25, -0.2) is 4.21 Å². The molecule has 0 fully saturated rings. The Morgan fingerprint density at radius 2 is 2.43 bits per heavy atom. The van der Waals surface area contributed by atoms with Crippen LogP contribution in [0.15, 0.2) is 0 Å². The fourth-order valence-corrected chi connectivity index (χ4v) is 0.838. The van der Waals surface area contributed by atoms with E-state index in [2.05, 4.69) is 4.18 Å². The molecule has 0 saturated heterocycles. The highest BCUT2D eigenvalue weighted by Gasteiger charge is 1.78. The van der Waals surface area contributed by atoms with Crippen molar-refractivity contribution in [3.05, 3.63) is 0 Å². The van der Waals surface area contributed by atoms with Crippen LogP contribution in [0.5, 0.6) is 0 Å². The van der Waals surface area contributed by atoms with Crippen molar-refractivity contribution in [1.29, 1.82) is 0 Å². The minimum absolute atomic E-state index is 0.274. The van der Waals surface area contributed by atoms with Gasteiger partial charge in [0.2, 0.25) is 0 Å². The lowest BCUT2D eigenvalue weighted by molar-refractivity contribution is 0.322. The van der Waals surface area contributed by atoms with Crippen molar-refractivity contribution in [2.45, 2.75) is 0 Å². The Morgan fingerprint density at radius 1 is 1.86 bits per heavy atom. The van der Waals surface area contributed by atoms with E-state index < -0.39 is 11.4 Å². The maximum absolute atomic E-state index is 9.53. The van der Waals surface area contributed by atoms with Gasteiger partial charge in [0.15, 0.2) is 0 Å². The molecule has 1 atom stereocenters. The van der Waals surface area contributed by atoms with Crippen molar-refractivity contribution >= 4 is 34.0 Å². The fraction of sp³-hybridized carbons (Fsp3) is 1.00. The first-order valence-electron chi connectivity index (χ1n) is 1.56. The highest BCUT2D eigenvalue weighted by molar-refractivity contribution is 14.1. The second kappa shape index (κ2) is 4.95. The van der Waals surface area contributed by atoms with Gasteiger partial charge in [-0.2, -0.15) is 0 Å². The number of hydrogen-bond donors (Lipinski definition) is 0. The zero-order chi connectivity index (χ0) is 5.70. The maximum Gasteiger partial charge on any atom is 0.0842 e. The van der Waals surface area contributed by atoms with Crippen LogP contribution in [0.2, 0.25) is 0 Å². The number of alkyl halides is 1. The molecule has 0 rings (SSSR count). The van der Waals surface area contributed by atoms with Crippen molar-refractivity contribution in [2.75, 3.05) is 11.0 Å². The van der Waals surface area contributed by atoms with Crippen LogP contribution < -0.4 is 0 Å².